The number of aliphatic hydroxyl groups is 4. The van der Waals surface area contributed by atoms with Gasteiger partial charge in [-0.25, -0.2) is 23.7 Å². The van der Waals surface area contributed by atoms with E-state index in [2.05, 4.69) is 105 Å². The number of rotatable bonds is 36. The Balaban J connectivity index is -0.000000292. The second-order valence-electron chi connectivity index (χ2n) is 24.8. The number of hydrogen-bond donors (Lipinski definition) is 4. The van der Waals surface area contributed by atoms with Gasteiger partial charge in [-0.05, 0) is 94.7 Å². The van der Waals surface area contributed by atoms with Gasteiger partial charge in [0.05, 0.1) is 73.1 Å². The predicted octanol–water partition coefficient (Wildman–Crippen LogP) is 13.1. The first-order valence-electron chi connectivity index (χ1n) is 34.0. The van der Waals surface area contributed by atoms with Crippen molar-refractivity contribution in [3.05, 3.63) is 254 Å². The molecule has 0 aromatic heterocycles. The summed E-state index contributed by atoms with van der Waals surface area (Å²) >= 11 is 3.58. The van der Waals surface area contributed by atoms with Crippen molar-refractivity contribution in [3.8, 4) is 0 Å². The summed E-state index contributed by atoms with van der Waals surface area (Å²) in [6, 6.07) is 58.7. The summed E-state index contributed by atoms with van der Waals surface area (Å²) < 4.78 is 69.7. The summed E-state index contributed by atoms with van der Waals surface area (Å²) in [5.41, 5.74) is 5.19. The van der Waals surface area contributed by atoms with Crippen LogP contribution in [0.15, 0.2) is 203 Å². The van der Waals surface area contributed by atoms with Gasteiger partial charge < -0.3 is 77.0 Å². The van der Waals surface area contributed by atoms with Gasteiger partial charge in [0.15, 0.2) is 23.9 Å². The maximum absolute atomic E-state index is 11.1. The fourth-order valence-electron chi connectivity index (χ4n) is 7.71. The molecule has 6 rings (SSSR count). The van der Waals surface area contributed by atoms with E-state index in [9.17, 15) is 44.4 Å². The van der Waals surface area contributed by atoms with Crippen molar-refractivity contribution >= 4 is 82.1 Å². The molecule has 30 heteroatoms. The first kappa shape index (κ1) is 119. The molecule has 0 bridgehead atoms. The van der Waals surface area contributed by atoms with Gasteiger partial charge in [0.2, 0.25) is 8.32 Å². The molecule has 0 saturated carbocycles. The molecule has 0 saturated heterocycles. The second-order valence-corrected chi connectivity index (χ2v) is 37.6. The minimum Gasteiger partial charge on any atom is -0.369 e. The van der Waals surface area contributed by atoms with Crippen LogP contribution in [0.4, 0.5) is 0 Å². The number of ether oxygens (including phenoxy) is 11. The number of benzene rings is 6. The van der Waals surface area contributed by atoms with Crippen LogP contribution in [0, 0.1) is 23.7 Å². The van der Waals surface area contributed by atoms with Crippen LogP contribution in [0.1, 0.15) is 76.8 Å². The summed E-state index contributed by atoms with van der Waals surface area (Å²) in [6.07, 6.45) is -2.95. The minimum absolute atomic E-state index is 0. The SMILES string of the molecule is C.COC(=O)[C-](C)C(O)COCc1ccccc1.COC(=O)[C-](C)C(O)COCc1ccccc1.COC(=O)[C-](C)C(O)COCc1ccccc1.COC(=O)[C-](C)C(O)COCc1ccccc1.COC(O[Si](C)(C)C)=C(C)Br.COC(O[Si](C)(C)C)=C(C)[Se]c1ccccc1.O=CCOCc1ccccc1.[Y].[Y].[Y].[Y]. The zero-order valence-corrected chi connectivity index (χ0v) is 84.2. The first-order valence-corrected chi connectivity index (χ1v) is 43.3. The van der Waals surface area contributed by atoms with E-state index >= 15 is 0 Å². The van der Waals surface area contributed by atoms with Crippen molar-refractivity contribution in [1.29, 1.82) is 0 Å². The molecule has 112 heavy (non-hydrogen) atoms. The fourth-order valence-corrected chi connectivity index (χ4v) is 11.6. The topological polar surface area (TPSA) is 286 Å². The Morgan fingerprint density at radius 3 is 0.786 bits per heavy atom. The Morgan fingerprint density at radius 1 is 0.384 bits per heavy atom. The molecular weight excluding hydrogens is 1910 g/mol. The number of halogens is 1. The van der Waals surface area contributed by atoms with Gasteiger partial charge in [-0.2, -0.15) is 27.7 Å². The monoisotopic (exact) mass is 2020 g/mol. The molecule has 22 nitrogen and oxygen atoms in total. The van der Waals surface area contributed by atoms with E-state index in [1.165, 1.54) is 65.1 Å². The molecule has 0 spiro atoms. The molecule has 4 atom stereocenters. The van der Waals surface area contributed by atoms with Crippen molar-refractivity contribution in [3.63, 3.8) is 0 Å². The van der Waals surface area contributed by atoms with Crippen molar-refractivity contribution in [2.75, 3.05) is 75.7 Å². The van der Waals surface area contributed by atoms with E-state index in [4.69, 9.17) is 42.0 Å². The van der Waals surface area contributed by atoms with E-state index in [-0.39, 0.29) is 210 Å². The molecule has 0 fully saturated rings. The molecule has 0 amide bonds. The van der Waals surface area contributed by atoms with Gasteiger partial charge >= 0.3 is 111 Å². The maximum Gasteiger partial charge on any atom is 0.145 e. The van der Waals surface area contributed by atoms with Crippen molar-refractivity contribution in [2.24, 2.45) is 0 Å². The number of aliphatic hydroxyl groups excluding tert-OH is 4. The fraction of sp³-hybridized carbons (Fsp3) is 0.402. The summed E-state index contributed by atoms with van der Waals surface area (Å²) in [6.45, 7) is 25.6. The number of carbonyl (C=O) groups excluding carboxylic acids is 5. The molecule has 4 N–H and O–H groups in total. The third kappa shape index (κ3) is 60.9. The van der Waals surface area contributed by atoms with Crippen molar-refractivity contribution in [1.82, 2.24) is 0 Å². The molecule has 614 valence electrons. The average Bonchev–Trinajstić information content (AvgIpc) is 0.878. The van der Waals surface area contributed by atoms with Crippen molar-refractivity contribution in [2.45, 2.75) is 146 Å². The van der Waals surface area contributed by atoms with Crippen LogP contribution in [0.25, 0.3) is 0 Å². The summed E-state index contributed by atoms with van der Waals surface area (Å²) in [5.74, 6) is 0.266. The van der Waals surface area contributed by atoms with Gasteiger partial charge in [-0.1, -0.05) is 159 Å². The summed E-state index contributed by atoms with van der Waals surface area (Å²) in [4.78, 5) is 54.3. The van der Waals surface area contributed by atoms with E-state index < -0.39 is 64.9 Å². The Labute approximate surface area is 784 Å². The number of carbonyl (C=O) groups is 5. The predicted molar refractivity (Wildman–Crippen MR) is 430 cm³/mol. The molecule has 6 aromatic carbocycles. The van der Waals surface area contributed by atoms with Gasteiger partial charge in [0.1, 0.15) is 12.9 Å². The summed E-state index contributed by atoms with van der Waals surface area (Å²) in [7, 11) is 5.31. The van der Waals surface area contributed by atoms with Crippen LogP contribution >= 0.6 is 15.9 Å². The number of aldehydes is 1. The molecule has 4 radical (unpaired) electrons. The number of methoxy groups -OCH3 is 6. The zero-order chi connectivity index (χ0) is 80.6. The normalized spacial score (nSPS) is 11.5. The molecule has 0 aliphatic heterocycles. The van der Waals surface area contributed by atoms with Crippen LogP contribution in [0.2, 0.25) is 39.3 Å². The Bertz CT molecular complexity index is 3080. The van der Waals surface area contributed by atoms with Gasteiger partial charge in [0, 0.05) is 157 Å². The van der Waals surface area contributed by atoms with Crippen LogP contribution < -0.4 is 4.46 Å². The quantitative estimate of drug-likeness (QED) is 0.00541. The maximum atomic E-state index is 11.1. The number of allylic oxidation sites excluding steroid dienone is 2. The molecular formula is C82H117BrO22SeSi2Y4-4. The van der Waals surface area contributed by atoms with Crippen LogP contribution in [-0.4, -0.2) is 182 Å². The van der Waals surface area contributed by atoms with E-state index in [0.717, 1.165) is 38.6 Å². The van der Waals surface area contributed by atoms with Crippen LogP contribution in [-0.2, 0) is 249 Å². The van der Waals surface area contributed by atoms with E-state index in [0.29, 0.717) is 44.9 Å². The summed E-state index contributed by atoms with van der Waals surface area (Å²) in [5, 5.41) is 38.5. The molecule has 0 aliphatic carbocycles. The van der Waals surface area contributed by atoms with Crippen molar-refractivity contribution < 1.29 is 236 Å². The third-order valence-electron chi connectivity index (χ3n) is 13.6. The number of hydrogen-bond acceptors (Lipinski definition) is 22. The third-order valence-corrected chi connectivity index (χ3v) is 17.6. The standard InChI is InChI=1S/4C13H17O4.C13H20O2SeSi.C9H10O2.C7H15BrO2Si.CH4.4Y/c4*1-10(13(15)16-2)12(14)9-17-8-11-6-4-3-5-7-11;1-11(13(14-2)15-17(3,4)5)16-12-9-7-6-8-10-12;10-6-7-11-8-9-4-2-1-3-5-9;1-6(8)7(9-2)10-11(3,4)5;;;;;/h4*3-7,12,14H,8-9H2,1-2H3;6-10H,1-5H3;1-6H,7-8H2;1-5H3;1H4;;;;/q4*-1;;;;;;;;. The Morgan fingerprint density at radius 2 is 0.598 bits per heavy atom. The first-order chi connectivity index (χ1) is 50.8. The van der Waals surface area contributed by atoms with Crippen LogP contribution in [0.3, 0.4) is 0 Å². The second kappa shape index (κ2) is 72.7. The molecule has 0 heterocycles. The zero-order valence-electron chi connectivity index (χ0n) is 67.5. The van der Waals surface area contributed by atoms with Gasteiger partial charge in [-0.15, -0.1) is 0 Å². The smallest absolute Gasteiger partial charge is 0.145 e. The average molecular weight is 2030 g/mol. The van der Waals surface area contributed by atoms with E-state index in [1.807, 2.05) is 165 Å². The van der Waals surface area contributed by atoms with Gasteiger partial charge in [0.25, 0.3) is 5.95 Å². The minimum atomic E-state index is -1.59. The largest absolute Gasteiger partial charge is 0.369 e. The Hall–Kier alpha value is -3.48. The van der Waals surface area contributed by atoms with E-state index in [1.54, 1.807) is 14.2 Å². The molecule has 0 aliphatic rings. The van der Waals surface area contributed by atoms with Crippen LogP contribution in [0.5, 0.6) is 0 Å². The number of esters is 4. The van der Waals surface area contributed by atoms with Gasteiger partial charge in [-0.3, -0.25) is 19.2 Å². The molecule has 6 aromatic rings. The Kier molecular flexibility index (Phi) is 77.5. The molecule has 4 unspecified atom stereocenters.